The molecule has 0 saturated carbocycles. The molecule has 0 bridgehead atoms. The highest BCUT2D eigenvalue weighted by Gasteiger charge is 2.20. The van der Waals surface area contributed by atoms with E-state index in [1.165, 1.54) is 11.3 Å². The van der Waals surface area contributed by atoms with Crippen LogP contribution in [0.1, 0.15) is 36.2 Å². The molecule has 2 rings (SSSR count). The van der Waals surface area contributed by atoms with Gasteiger partial charge in [0.15, 0.2) is 5.78 Å². The number of ketones is 1. The molecule has 116 valence electrons. The SMILES string of the molecule is CC1Cc2cc(C(=O)C(C)NCCCN(C)C)ccc2N1. The van der Waals surface area contributed by atoms with Gasteiger partial charge in [0.25, 0.3) is 0 Å². The van der Waals surface area contributed by atoms with Crippen LogP contribution in [-0.4, -0.2) is 50.0 Å². The third kappa shape index (κ3) is 4.29. The molecule has 0 fully saturated rings. The number of carbonyl (C=O) groups is 1. The molecule has 4 heteroatoms. The van der Waals surface area contributed by atoms with E-state index in [-0.39, 0.29) is 11.8 Å². The summed E-state index contributed by atoms with van der Waals surface area (Å²) >= 11 is 0. The van der Waals surface area contributed by atoms with Gasteiger partial charge in [-0.3, -0.25) is 4.79 Å². The molecule has 0 spiro atoms. The van der Waals surface area contributed by atoms with Gasteiger partial charge in [-0.2, -0.15) is 0 Å². The molecule has 1 aromatic rings. The second-order valence-electron chi connectivity index (χ2n) is 6.32. The molecule has 4 nitrogen and oxygen atoms in total. The van der Waals surface area contributed by atoms with Crippen molar-refractivity contribution in [2.75, 3.05) is 32.5 Å². The van der Waals surface area contributed by atoms with E-state index in [2.05, 4.69) is 36.6 Å². The van der Waals surface area contributed by atoms with Crippen LogP contribution < -0.4 is 10.6 Å². The predicted molar refractivity (Wildman–Crippen MR) is 88.2 cm³/mol. The van der Waals surface area contributed by atoms with Gasteiger partial charge >= 0.3 is 0 Å². The number of carbonyl (C=O) groups excluding carboxylic acids is 1. The molecule has 2 N–H and O–H groups in total. The zero-order valence-electron chi connectivity index (χ0n) is 13.6. The second kappa shape index (κ2) is 7.05. The lowest BCUT2D eigenvalue weighted by Gasteiger charge is -2.15. The van der Waals surface area contributed by atoms with Gasteiger partial charge in [0.2, 0.25) is 0 Å². The number of Topliss-reactive ketones (excluding diaryl/α,β-unsaturated/α-hetero) is 1. The number of nitrogens with one attached hydrogen (secondary N) is 2. The largest absolute Gasteiger partial charge is 0.382 e. The molecule has 1 aromatic carbocycles. The zero-order chi connectivity index (χ0) is 15.4. The smallest absolute Gasteiger partial charge is 0.179 e. The summed E-state index contributed by atoms with van der Waals surface area (Å²) in [7, 11) is 4.13. The number of fused-ring (bicyclic) bond motifs is 1. The quantitative estimate of drug-likeness (QED) is 0.596. The molecular weight excluding hydrogens is 262 g/mol. The molecule has 1 aliphatic heterocycles. The Morgan fingerprint density at radius 2 is 2.24 bits per heavy atom. The van der Waals surface area contributed by atoms with E-state index in [0.29, 0.717) is 6.04 Å². The third-order valence-electron chi connectivity index (χ3n) is 3.94. The van der Waals surface area contributed by atoms with Crippen molar-refractivity contribution >= 4 is 11.5 Å². The van der Waals surface area contributed by atoms with Gasteiger partial charge in [-0.1, -0.05) is 0 Å². The van der Waals surface area contributed by atoms with Crippen molar-refractivity contribution in [2.45, 2.75) is 38.8 Å². The first-order valence-electron chi connectivity index (χ1n) is 7.79. The Morgan fingerprint density at radius 3 is 2.95 bits per heavy atom. The summed E-state index contributed by atoms with van der Waals surface area (Å²) in [5.41, 5.74) is 3.25. The summed E-state index contributed by atoms with van der Waals surface area (Å²) in [5.74, 6) is 0.183. The average molecular weight is 289 g/mol. The molecular formula is C17H27N3O. The standard InChI is InChI=1S/C17H27N3O/c1-12-10-15-11-14(6-7-16(15)19-12)17(21)13(2)18-8-5-9-20(3)4/h6-7,11-13,18-19H,5,8-10H2,1-4H3. The molecule has 2 atom stereocenters. The van der Waals surface area contributed by atoms with Gasteiger partial charge in [0.05, 0.1) is 6.04 Å². The molecule has 1 aliphatic rings. The number of anilines is 1. The van der Waals surface area contributed by atoms with E-state index in [1.54, 1.807) is 0 Å². The van der Waals surface area contributed by atoms with Crippen LogP contribution in [-0.2, 0) is 6.42 Å². The van der Waals surface area contributed by atoms with Crippen LogP contribution in [0, 0.1) is 0 Å². The molecule has 0 saturated heterocycles. The molecule has 2 unspecified atom stereocenters. The minimum atomic E-state index is -0.128. The van der Waals surface area contributed by atoms with Crippen LogP contribution in [0.2, 0.25) is 0 Å². The maximum atomic E-state index is 12.5. The molecule has 0 aliphatic carbocycles. The summed E-state index contributed by atoms with van der Waals surface area (Å²) in [6, 6.07) is 6.35. The maximum Gasteiger partial charge on any atom is 0.179 e. The summed E-state index contributed by atoms with van der Waals surface area (Å²) < 4.78 is 0. The Balaban J connectivity index is 1.89. The molecule has 0 aromatic heterocycles. The van der Waals surface area contributed by atoms with E-state index in [4.69, 9.17) is 0 Å². The van der Waals surface area contributed by atoms with Crippen molar-refractivity contribution in [1.29, 1.82) is 0 Å². The van der Waals surface area contributed by atoms with E-state index >= 15 is 0 Å². The van der Waals surface area contributed by atoms with Crippen molar-refractivity contribution in [3.05, 3.63) is 29.3 Å². The summed E-state index contributed by atoms with van der Waals surface area (Å²) in [5, 5.41) is 6.73. The first-order chi connectivity index (χ1) is 9.97. The highest BCUT2D eigenvalue weighted by Crippen LogP contribution is 2.26. The Labute approximate surface area is 127 Å². The van der Waals surface area contributed by atoms with Crippen molar-refractivity contribution in [3.8, 4) is 0 Å². The Morgan fingerprint density at radius 1 is 1.48 bits per heavy atom. The number of hydrogen-bond donors (Lipinski definition) is 2. The average Bonchev–Trinajstić information content (AvgIpc) is 2.81. The second-order valence-corrected chi connectivity index (χ2v) is 6.32. The van der Waals surface area contributed by atoms with E-state index in [9.17, 15) is 4.79 Å². The summed E-state index contributed by atoms with van der Waals surface area (Å²) in [6.07, 6.45) is 2.05. The Hall–Kier alpha value is -1.39. The number of hydrogen-bond acceptors (Lipinski definition) is 4. The lowest BCUT2D eigenvalue weighted by atomic mass is 10.0. The molecule has 0 radical (unpaired) electrons. The minimum absolute atomic E-state index is 0.128. The van der Waals surface area contributed by atoms with Gasteiger partial charge in [-0.25, -0.2) is 0 Å². The van der Waals surface area contributed by atoms with Gasteiger partial charge in [-0.15, -0.1) is 0 Å². The monoisotopic (exact) mass is 289 g/mol. The number of nitrogens with zero attached hydrogens (tertiary/aromatic N) is 1. The lowest BCUT2D eigenvalue weighted by Crippen LogP contribution is -2.35. The van der Waals surface area contributed by atoms with Crippen LogP contribution in [0.5, 0.6) is 0 Å². The zero-order valence-corrected chi connectivity index (χ0v) is 13.6. The summed E-state index contributed by atoms with van der Waals surface area (Å²) in [4.78, 5) is 14.6. The lowest BCUT2D eigenvalue weighted by molar-refractivity contribution is 0.0950. The first kappa shape index (κ1) is 16.0. The number of benzene rings is 1. The third-order valence-corrected chi connectivity index (χ3v) is 3.94. The van der Waals surface area contributed by atoms with Gasteiger partial charge < -0.3 is 15.5 Å². The normalized spacial score (nSPS) is 18.4. The van der Waals surface area contributed by atoms with Gasteiger partial charge in [0.1, 0.15) is 0 Å². The van der Waals surface area contributed by atoms with E-state index in [1.807, 2.05) is 25.1 Å². The van der Waals surface area contributed by atoms with Crippen LogP contribution in [0.3, 0.4) is 0 Å². The Kier molecular flexibility index (Phi) is 5.37. The highest BCUT2D eigenvalue weighted by molar-refractivity contribution is 6.00. The fourth-order valence-electron chi connectivity index (χ4n) is 2.76. The van der Waals surface area contributed by atoms with E-state index < -0.39 is 0 Å². The van der Waals surface area contributed by atoms with Crippen LogP contribution >= 0.6 is 0 Å². The van der Waals surface area contributed by atoms with Crippen LogP contribution in [0.4, 0.5) is 5.69 Å². The fraction of sp³-hybridized carbons (Fsp3) is 0.588. The topological polar surface area (TPSA) is 44.4 Å². The fourth-order valence-corrected chi connectivity index (χ4v) is 2.76. The van der Waals surface area contributed by atoms with Crippen molar-refractivity contribution in [1.82, 2.24) is 10.2 Å². The van der Waals surface area contributed by atoms with Crippen molar-refractivity contribution < 1.29 is 4.79 Å². The van der Waals surface area contributed by atoms with Gasteiger partial charge in [-0.05, 0) is 77.6 Å². The van der Waals surface area contributed by atoms with Crippen LogP contribution in [0.15, 0.2) is 18.2 Å². The number of rotatable bonds is 7. The maximum absolute atomic E-state index is 12.5. The minimum Gasteiger partial charge on any atom is -0.382 e. The van der Waals surface area contributed by atoms with E-state index in [0.717, 1.165) is 31.5 Å². The van der Waals surface area contributed by atoms with Crippen molar-refractivity contribution in [3.63, 3.8) is 0 Å². The van der Waals surface area contributed by atoms with Crippen molar-refractivity contribution in [2.24, 2.45) is 0 Å². The van der Waals surface area contributed by atoms with Gasteiger partial charge in [0, 0.05) is 17.3 Å². The Bertz CT molecular complexity index is 499. The summed E-state index contributed by atoms with van der Waals surface area (Å²) in [6.45, 7) is 6.02. The molecule has 21 heavy (non-hydrogen) atoms. The molecule has 1 heterocycles. The predicted octanol–water partition coefficient (Wildman–Crippen LogP) is 2.16. The molecule has 0 amide bonds. The first-order valence-corrected chi connectivity index (χ1v) is 7.79. The highest BCUT2D eigenvalue weighted by atomic mass is 16.1. The van der Waals surface area contributed by atoms with Crippen LogP contribution in [0.25, 0.3) is 0 Å².